The maximum atomic E-state index is 5.27. The molecule has 1 atom stereocenters. The largest absolute Gasteiger partial charge is 0.338 e. The average molecular weight is 266 g/mol. The predicted molar refractivity (Wildman–Crippen MR) is 74.8 cm³/mol. The Hall–Kier alpha value is -0.940. The molecule has 1 unspecified atom stereocenters. The van der Waals surface area contributed by atoms with E-state index >= 15 is 0 Å². The minimum atomic E-state index is 0.568. The van der Waals surface area contributed by atoms with Gasteiger partial charge in [-0.15, -0.1) is 0 Å². The van der Waals surface area contributed by atoms with Crippen LogP contribution in [-0.4, -0.2) is 40.7 Å². The molecule has 5 heteroatoms. The second-order valence-electron chi connectivity index (χ2n) is 5.76. The molecule has 0 bridgehead atoms. The minimum absolute atomic E-state index is 0.568. The zero-order valence-corrected chi connectivity index (χ0v) is 12.4. The monoisotopic (exact) mass is 266 g/mol. The molecule has 2 heterocycles. The van der Waals surface area contributed by atoms with Gasteiger partial charge in [-0.2, -0.15) is 4.98 Å². The molecule has 0 saturated carbocycles. The third kappa shape index (κ3) is 4.58. The first kappa shape index (κ1) is 14.5. The summed E-state index contributed by atoms with van der Waals surface area (Å²) < 4.78 is 5.27. The summed E-state index contributed by atoms with van der Waals surface area (Å²) >= 11 is 0. The predicted octanol–water partition coefficient (Wildman–Crippen LogP) is 1.84. The highest BCUT2D eigenvalue weighted by Crippen LogP contribution is 2.17. The number of hydrogen-bond donors (Lipinski definition) is 1. The van der Waals surface area contributed by atoms with Crippen molar-refractivity contribution in [2.24, 2.45) is 5.92 Å². The van der Waals surface area contributed by atoms with Gasteiger partial charge >= 0.3 is 0 Å². The molecule has 0 spiro atoms. The van der Waals surface area contributed by atoms with Gasteiger partial charge < -0.3 is 9.84 Å². The van der Waals surface area contributed by atoms with Gasteiger partial charge in [-0.1, -0.05) is 25.9 Å². The molecule has 1 aromatic heterocycles. The first-order chi connectivity index (χ1) is 9.17. The van der Waals surface area contributed by atoms with Crippen molar-refractivity contribution < 1.29 is 4.52 Å². The molecule has 0 radical (unpaired) electrons. The summed E-state index contributed by atoms with van der Waals surface area (Å²) in [6.45, 7) is 10.6. The summed E-state index contributed by atoms with van der Waals surface area (Å²) in [5, 5.41) is 7.49. The van der Waals surface area contributed by atoms with Crippen molar-refractivity contribution >= 4 is 0 Å². The summed E-state index contributed by atoms with van der Waals surface area (Å²) in [7, 11) is 0. The molecule has 0 aliphatic carbocycles. The average Bonchev–Trinajstić information content (AvgIpc) is 2.84. The highest BCUT2D eigenvalue weighted by atomic mass is 16.5. The molecule has 1 saturated heterocycles. The maximum absolute atomic E-state index is 5.27. The van der Waals surface area contributed by atoms with Gasteiger partial charge in [-0.25, -0.2) is 0 Å². The van der Waals surface area contributed by atoms with Crippen LogP contribution in [0.4, 0.5) is 0 Å². The van der Waals surface area contributed by atoms with Crippen LogP contribution < -0.4 is 5.32 Å². The Morgan fingerprint density at radius 3 is 3.00 bits per heavy atom. The van der Waals surface area contributed by atoms with Gasteiger partial charge in [0.15, 0.2) is 5.82 Å². The standard InChI is InChI=1S/C14H26N4O/c1-4-13-16-14(19-17-13)10-18-7-5-6-12(9-18)8-15-11(2)3/h11-12,15H,4-10H2,1-3H3. The van der Waals surface area contributed by atoms with Gasteiger partial charge in [-0.3, -0.25) is 4.90 Å². The van der Waals surface area contributed by atoms with Crippen molar-refractivity contribution in [1.82, 2.24) is 20.4 Å². The van der Waals surface area contributed by atoms with Crippen LogP contribution >= 0.6 is 0 Å². The van der Waals surface area contributed by atoms with E-state index in [1.54, 1.807) is 0 Å². The lowest BCUT2D eigenvalue weighted by atomic mass is 9.98. The van der Waals surface area contributed by atoms with E-state index in [0.717, 1.165) is 50.2 Å². The minimum Gasteiger partial charge on any atom is -0.338 e. The van der Waals surface area contributed by atoms with Crippen LogP contribution in [0.25, 0.3) is 0 Å². The Morgan fingerprint density at radius 2 is 2.32 bits per heavy atom. The molecule has 1 N–H and O–H groups in total. The second-order valence-corrected chi connectivity index (χ2v) is 5.76. The Labute approximate surface area is 115 Å². The number of nitrogens with zero attached hydrogens (tertiary/aromatic N) is 3. The molecule has 108 valence electrons. The van der Waals surface area contributed by atoms with E-state index in [1.165, 1.54) is 12.8 Å². The van der Waals surface area contributed by atoms with Crippen molar-refractivity contribution in [1.29, 1.82) is 0 Å². The number of nitrogens with one attached hydrogen (secondary N) is 1. The van der Waals surface area contributed by atoms with E-state index in [0.29, 0.717) is 6.04 Å². The van der Waals surface area contributed by atoms with E-state index < -0.39 is 0 Å². The van der Waals surface area contributed by atoms with Crippen molar-refractivity contribution in [2.45, 2.75) is 52.6 Å². The van der Waals surface area contributed by atoms with Gasteiger partial charge in [0.2, 0.25) is 5.89 Å². The number of hydrogen-bond acceptors (Lipinski definition) is 5. The summed E-state index contributed by atoms with van der Waals surface area (Å²) in [6, 6.07) is 0.568. The van der Waals surface area contributed by atoms with Crippen LogP contribution in [0.15, 0.2) is 4.52 Å². The zero-order valence-electron chi connectivity index (χ0n) is 12.4. The Morgan fingerprint density at radius 1 is 1.47 bits per heavy atom. The molecule has 0 aromatic carbocycles. The molecule has 1 aliphatic rings. The molecule has 0 amide bonds. The van der Waals surface area contributed by atoms with Crippen LogP contribution in [0.5, 0.6) is 0 Å². The Balaban J connectivity index is 1.80. The number of likely N-dealkylation sites (tertiary alicyclic amines) is 1. The lowest BCUT2D eigenvalue weighted by Crippen LogP contribution is -2.40. The Kier molecular flexibility index (Phi) is 5.34. The molecule has 1 fully saturated rings. The van der Waals surface area contributed by atoms with Crippen molar-refractivity contribution in [3.8, 4) is 0 Å². The molecular weight excluding hydrogens is 240 g/mol. The summed E-state index contributed by atoms with van der Waals surface area (Å²) in [4.78, 5) is 6.82. The van der Waals surface area contributed by atoms with Gasteiger partial charge in [0, 0.05) is 19.0 Å². The number of rotatable bonds is 6. The quantitative estimate of drug-likeness (QED) is 0.851. The zero-order chi connectivity index (χ0) is 13.7. The van der Waals surface area contributed by atoms with Crippen molar-refractivity contribution in [3.05, 3.63) is 11.7 Å². The highest BCUT2D eigenvalue weighted by molar-refractivity contribution is 4.87. The first-order valence-electron chi connectivity index (χ1n) is 7.44. The van der Waals surface area contributed by atoms with Crippen LogP contribution in [0.3, 0.4) is 0 Å². The first-order valence-corrected chi connectivity index (χ1v) is 7.44. The third-order valence-electron chi connectivity index (χ3n) is 3.60. The lowest BCUT2D eigenvalue weighted by Gasteiger charge is -2.32. The lowest BCUT2D eigenvalue weighted by molar-refractivity contribution is 0.147. The molecule has 1 aliphatic heterocycles. The molecular formula is C14H26N4O. The summed E-state index contributed by atoms with van der Waals surface area (Å²) in [5.74, 6) is 2.31. The van der Waals surface area contributed by atoms with E-state index in [1.807, 2.05) is 6.92 Å². The molecule has 19 heavy (non-hydrogen) atoms. The number of aryl methyl sites for hydroxylation is 1. The number of aromatic nitrogens is 2. The second kappa shape index (κ2) is 7.01. The van der Waals surface area contributed by atoms with Crippen LogP contribution in [0.2, 0.25) is 0 Å². The molecule has 5 nitrogen and oxygen atoms in total. The summed E-state index contributed by atoms with van der Waals surface area (Å²) in [5.41, 5.74) is 0. The fourth-order valence-electron chi connectivity index (χ4n) is 2.55. The SMILES string of the molecule is CCc1noc(CN2CCCC(CNC(C)C)C2)n1. The highest BCUT2D eigenvalue weighted by Gasteiger charge is 2.21. The fourth-order valence-corrected chi connectivity index (χ4v) is 2.55. The van der Waals surface area contributed by atoms with Crippen LogP contribution in [0, 0.1) is 5.92 Å². The van der Waals surface area contributed by atoms with Gasteiger partial charge in [0.1, 0.15) is 0 Å². The third-order valence-corrected chi connectivity index (χ3v) is 3.60. The number of piperidine rings is 1. The van der Waals surface area contributed by atoms with Crippen LogP contribution in [0.1, 0.15) is 45.3 Å². The van der Waals surface area contributed by atoms with Crippen molar-refractivity contribution in [3.63, 3.8) is 0 Å². The fraction of sp³-hybridized carbons (Fsp3) is 0.857. The molecule has 1 aromatic rings. The van der Waals surface area contributed by atoms with E-state index in [9.17, 15) is 0 Å². The van der Waals surface area contributed by atoms with E-state index in [4.69, 9.17) is 4.52 Å². The Bertz CT molecular complexity index is 377. The normalized spacial score (nSPS) is 21.2. The van der Waals surface area contributed by atoms with E-state index in [-0.39, 0.29) is 0 Å². The summed E-state index contributed by atoms with van der Waals surface area (Å²) in [6.07, 6.45) is 3.42. The van der Waals surface area contributed by atoms with E-state index in [2.05, 4.69) is 34.2 Å². The topological polar surface area (TPSA) is 54.2 Å². The van der Waals surface area contributed by atoms with Crippen LogP contribution in [-0.2, 0) is 13.0 Å². The van der Waals surface area contributed by atoms with Crippen molar-refractivity contribution in [2.75, 3.05) is 19.6 Å². The maximum Gasteiger partial charge on any atom is 0.240 e. The molecule has 2 rings (SSSR count). The van der Waals surface area contributed by atoms with Gasteiger partial charge in [-0.05, 0) is 31.8 Å². The van der Waals surface area contributed by atoms with Gasteiger partial charge in [0.05, 0.1) is 6.54 Å². The van der Waals surface area contributed by atoms with Gasteiger partial charge in [0.25, 0.3) is 0 Å². The smallest absolute Gasteiger partial charge is 0.240 e.